The van der Waals surface area contributed by atoms with Crippen LogP contribution in [0.4, 0.5) is 0 Å². The Bertz CT molecular complexity index is 536. The highest BCUT2D eigenvalue weighted by Crippen LogP contribution is 2.25. The number of benzene rings is 2. The molecule has 102 valence electrons. The molecule has 19 heavy (non-hydrogen) atoms. The number of aryl methyl sites for hydroxylation is 1. The fourth-order valence-corrected chi connectivity index (χ4v) is 2.27. The summed E-state index contributed by atoms with van der Waals surface area (Å²) in [5, 5.41) is 18.6. The highest BCUT2D eigenvalue weighted by molar-refractivity contribution is 9.10. The van der Waals surface area contributed by atoms with Crippen LogP contribution in [0.25, 0.3) is 0 Å². The Morgan fingerprint density at radius 2 is 1.79 bits per heavy atom. The average Bonchev–Trinajstić information content (AvgIpc) is 2.35. The van der Waals surface area contributed by atoms with E-state index in [0.717, 1.165) is 22.0 Å². The minimum atomic E-state index is 0.150. The van der Waals surface area contributed by atoms with Gasteiger partial charge >= 0.3 is 0 Å². The molecule has 4 heteroatoms. The van der Waals surface area contributed by atoms with Crippen molar-refractivity contribution in [2.45, 2.75) is 20.3 Å². The van der Waals surface area contributed by atoms with Crippen LogP contribution in [0.5, 0.6) is 11.5 Å². The van der Waals surface area contributed by atoms with Gasteiger partial charge in [0.15, 0.2) is 0 Å². The van der Waals surface area contributed by atoms with Crippen LogP contribution in [0, 0.1) is 6.92 Å². The molecule has 2 rings (SSSR count). The van der Waals surface area contributed by atoms with Crippen molar-refractivity contribution in [3.8, 4) is 11.5 Å². The van der Waals surface area contributed by atoms with Gasteiger partial charge in [-0.2, -0.15) is 0 Å². The molecule has 0 aliphatic heterocycles. The Kier molecular flexibility index (Phi) is 6.19. The van der Waals surface area contributed by atoms with Gasteiger partial charge in [0.25, 0.3) is 0 Å². The van der Waals surface area contributed by atoms with Gasteiger partial charge in [0.1, 0.15) is 11.5 Å². The van der Waals surface area contributed by atoms with Gasteiger partial charge in [-0.05, 0) is 43.2 Å². The summed E-state index contributed by atoms with van der Waals surface area (Å²) >= 11 is 8.88. The van der Waals surface area contributed by atoms with Gasteiger partial charge in [-0.25, -0.2) is 0 Å². The Balaban J connectivity index is 0.000000191. The monoisotopic (exact) mass is 342 g/mol. The quantitative estimate of drug-likeness (QED) is 0.759. The van der Waals surface area contributed by atoms with Crippen molar-refractivity contribution in [1.29, 1.82) is 0 Å². The lowest BCUT2D eigenvalue weighted by molar-refractivity contribution is 0.468. The molecule has 2 nitrogen and oxygen atoms in total. The van der Waals surface area contributed by atoms with Gasteiger partial charge in [-0.3, -0.25) is 0 Å². The van der Waals surface area contributed by atoms with Crippen molar-refractivity contribution in [2.75, 3.05) is 0 Å². The molecule has 0 aliphatic rings. The topological polar surface area (TPSA) is 40.5 Å². The van der Waals surface area contributed by atoms with Crippen molar-refractivity contribution in [1.82, 2.24) is 0 Å². The first-order chi connectivity index (χ1) is 8.95. The lowest BCUT2D eigenvalue weighted by Gasteiger charge is -2.01. The number of hydrogen-bond donors (Lipinski definition) is 2. The van der Waals surface area contributed by atoms with Crippen LogP contribution in [-0.4, -0.2) is 10.2 Å². The van der Waals surface area contributed by atoms with Crippen molar-refractivity contribution in [2.24, 2.45) is 0 Å². The van der Waals surface area contributed by atoms with Crippen molar-refractivity contribution in [3.63, 3.8) is 0 Å². The second-order valence-corrected chi connectivity index (χ2v) is 5.31. The number of phenolic OH excluding ortho intramolecular Hbond substituents is 2. The van der Waals surface area contributed by atoms with E-state index in [1.165, 1.54) is 0 Å². The SMILES string of the molecule is CCc1c(O)cccc1Br.Cc1ccc(Cl)c(O)c1. The summed E-state index contributed by atoms with van der Waals surface area (Å²) in [5.41, 5.74) is 1.99. The molecule has 0 unspecified atom stereocenters. The predicted octanol–water partition coefficient (Wildman–Crippen LogP) is 5.07. The highest BCUT2D eigenvalue weighted by atomic mass is 79.9. The second kappa shape index (κ2) is 7.41. The molecule has 0 fully saturated rings. The molecule has 0 heterocycles. The zero-order chi connectivity index (χ0) is 14.4. The fourth-order valence-electron chi connectivity index (χ4n) is 1.52. The third-order valence-electron chi connectivity index (χ3n) is 2.55. The molecule has 2 aromatic rings. The van der Waals surface area contributed by atoms with E-state index >= 15 is 0 Å². The third kappa shape index (κ3) is 4.77. The van der Waals surface area contributed by atoms with Crippen molar-refractivity contribution >= 4 is 27.5 Å². The lowest BCUT2D eigenvalue weighted by atomic mass is 10.1. The summed E-state index contributed by atoms with van der Waals surface area (Å²) in [7, 11) is 0. The average molecular weight is 344 g/mol. The molecule has 0 aromatic heterocycles. The summed E-state index contributed by atoms with van der Waals surface area (Å²) in [6.45, 7) is 3.91. The summed E-state index contributed by atoms with van der Waals surface area (Å²) in [6, 6.07) is 10.6. The molecule has 0 saturated heterocycles. The van der Waals surface area contributed by atoms with Gasteiger partial charge in [-0.1, -0.05) is 46.6 Å². The summed E-state index contributed by atoms with van der Waals surface area (Å²) in [6.07, 6.45) is 0.854. The highest BCUT2D eigenvalue weighted by Gasteiger charge is 2.00. The zero-order valence-electron chi connectivity index (χ0n) is 10.8. The minimum Gasteiger partial charge on any atom is -0.508 e. The van der Waals surface area contributed by atoms with Crippen molar-refractivity contribution in [3.05, 3.63) is 57.0 Å². The van der Waals surface area contributed by atoms with Gasteiger partial charge in [0, 0.05) is 10.0 Å². The van der Waals surface area contributed by atoms with E-state index in [2.05, 4.69) is 15.9 Å². The number of halogens is 2. The molecule has 0 saturated carbocycles. The van der Waals surface area contributed by atoms with Crippen LogP contribution in [0.2, 0.25) is 5.02 Å². The van der Waals surface area contributed by atoms with E-state index in [1.54, 1.807) is 18.2 Å². The summed E-state index contributed by atoms with van der Waals surface area (Å²) < 4.78 is 0.981. The maximum Gasteiger partial charge on any atom is 0.134 e. The van der Waals surface area contributed by atoms with E-state index in [9.17, 15) is 5.11 Å². The third-order valence-corrected chi connectivity index (χ3v) is 3.61. The van der Waals surface area contributed by atoms with E-state index in [4.69, 9.17) is 16.7 Å². The number of hydrogen-bond acceptors (Lipinski definition) is 2. The molecule has 2 aromatic carbocycles. The summed E-state index contributed by atoms with van der Waals surface area (Å²) in [4.78, 5) is 0. The maximum absolute atomic E-state index is 9.26. The Labute approximate surface area is 126 Å². The Morgan fingerprint density at radius 3 is 2.21 bits per heavy atom. The largest absolute Gasteiger partial charge is 0.508 e. The molecular formula is C15H16BrClO2. The Hall–Kier alpha value is -1.19. The minimum absolute atomic E-state index is 0.150. The van der Waals surface area contributed by atoms with Crippen molar-refractivity contribution < 1.29 is 10.2 Å². The van der Waals surface area contributed by atoms with E-state index in [-0.39, 0.29) is 5.75 Å². The van der Waals surface area contributed by atoms with Crippen LogP contribution in [0.1, 0.15) is 18.1 Å². The van der Waals surface area contributed by atoms with Gasteiger partial charge < -0.3 is 10.2 Å². The zero-order valence-corrected chi connectivity index (χ0v) is 13.2. The van der Waals surface area contributed by atoms with Gasteiger partial charge in [0.2, 0.25) is 0 Å². The van der Waals surface area contributed by atoms with Crippen LogP contribution in [0.3, 0.4) is 0 Å². The number of rotatable bonds is 1. The molecule has 0 aliphatic carbocycles. The van der Waals surface area contributed by atoms with Crippen LogP contribution in [0.15, 0.2) is 40.9 Å². The van der Waals surface area contributed by atoms with Crippen LogP contribution in [-0.2, 0) is 6.42 Å². The van der Waals surface area contributed by atoms with Gasteiger partial charge in [-0.15, -0.1) is 0 Å². The Morgan fingerprint density at radius 1 is 1.11 bits per heavy atom. The van der Waals surface area contributed by atoms with E-state index < -0.39 is 0 Å². The molecule has 0 atom stereocenters. The predicted molar refractivity (Wildman–Crippen MR) is 83.0 cm³/mol. The van der Waals surface area contributed by atoms with E-state index in [1.807, 2.05) is 32.0 Å². The first-order valence-corrected chi connectivity index (χ1v) is 7.04. The normalized spacial score (nSPS) is 9.68. The number of aromatic hydroxyl groups is 2. The van der Waals surface area contributed by atoms with Gasteiger partial charge in [0.05, 0.1) is 5.02 Å². The van der Waals surface area contributed by atoms with Crippen LogP contribution < -0.4 is 0 Å². The molecule has 0 radical (unpaired) electrons. The second-order valence-electron chi connectivity index (χ2n) is 4.05. The fraction of sp³-hybridized carbons (Fsp3) is 0.200. The first-order valence-electron chi connectivity index (χ1n) is 5.87. The van der Waals surface area contributed by atoms with E-state index in [0.29, 0.717) is 10.8 Å². The first kappa shape index (κ1) is 15.9. The lowest BCUT2D eigenvalue weighted by Crippen LogP contribution is -1.81. The standard InChI is InChI=1S/C8H9BrO.C7H7ClO/c1-2-6-7(9)4-3-5-8(6)10;1-5-2-3-6(8)7(9)4-5/h3-5,10H,2H2,1H3;2-4,9H,1H3. The molecule has 0 amide bonds. The van der Waals surface area contributed by atoms with Crippen LogP contribution >= 0.6 is 27.5 Å². The molecular weight excluding hydrogens is 328 g/mol. The smallest absolute Gasteiger partial charge is 0.134 e. The molecule has 2 N–H and O–H groups in total. The molecule has 0 bridgehead atoms. The maximum atomic E-state index is 9.26. The summed E-state index contributed by atoms with van der Waals surface area (Å²) in [5.74, 6) is 0.522. The number of phenols is 2. The molecule has 0 spiro atoms.